The van der Waals surface area contributed by atoms with Gasteiger partial charge in [-0.15, -0.1) is 0 Å². The van der Waals surface area contributed by atoms with Gasteiger partial charge in [-0.1, -0.05) is 6.07 Å². The fraction of sp³-hybridized carbons (Fsp3) is 0.167. The molecule has 0 amide bonds. The zero-order valence-electron chi connectivity index (χ0n) is 12.8. The number of rotatable bonds is 3. The Morgan fingerprint density at radius 3 is 2.65 bits per heavy atom. The standard InChI is InChI=1S/C18H15NO4/c1-20-16-6-3-11-7-14(19-9-13(11)18(16)21-2)12-4-5-15-17(8-12)23-10-22-15/h3-9H,10H2,1-2H3. The summed E-state index contributed by atoms with van der Waals surface area (Å²) in [5, 5.41) is 1.95. The lowest BCUT2D eigenvalue weighted by Crippen LogP contribution is -1.93. The second kappa shape index (κ2) is 5.35. The number of hydrogen-bond donors (Lipinski definition) is 0. The van der Waals surface area contributed by atoms with Gasteiger partial charge in [0.15, 0.2) is 23.0 Å². The molecule has 0 N–H and O–H groups in total. The second-order valence-corrected chi connectivity index (χ2v) is 5.16. The second-order valence-electron chi connectivity index (χ2n) is 5.16. The molecule has 2 aromatic carbocycles. The highest BCUT2D eigenvalue weighted by molar-refractivity contribution is 5.92. The molecule has 23 heavy (non-hydrogen) atoms. The third-order valence-corrected chi connectivity index (χ3v) is 3.91. The molecule has 0 spiro atoms. The van der Waals surface area contributed by atoms with Crippen molar-refractivity contribution in [3.05, 3.63) is 42.6 Å². The van der Waals surface area contributed by atoms with E-state index < -0.39 is 0 Å². The van der Waals surface area contributed by atoms with Crippen LogP contribution in [0, 0.1) is 0 Å². The van der Waals surface area contributed by atoms with Gasteiger partial charge in [-0.05, 0) is 35.7 Å². The number of fused-ring (bicyclic) bond motifs is 2. The first-order chi connectivity index (χ1) is 11.3. The average Bonchev–Trinajstić information content (AvgIpc) is 3.07. The molecule has 1 aliphatic heterocycles. The lowest BCUT2D eigenvalue weighted by atomic mass is 10.1. The minimum absolute atomic E-state index is 0.265. The Morgan fingerprint density at radius 2 is 1.83 bits per heavy atom. The van der Waals surface area contributed by atoms with Crippen LogP contribution in [0.2, 0.25) is 0 Å². The van der Waals surface area contributed by atoms with Crippen LogP contribution in [-0.4, -0.2) is 26.0 Å². The Bertz CT molecular complexity index is 892. The van der Waals surface area contributed by atoms with E-state index >= 15 is 0 Å². The van der Waals surface area contributed by atoms with Crippen LogP contribution in [0.15, 0.2) is 42.6 Å². The van der Waals surface area contributed by atoms with Gasteiger partial charge in [0, 0.05) is 17.1 Å². The molecular formula is C18H15NO4. The minimum Gasteiger partial charge on any atom is -0.493 e. The minimum atomic E-state index is 0.265. The molecule has 0 fully saturated rings. The molecule has 2 heterocycles. The number of ether oxygens (including phenoxy) is 4. The van der Waals surface area contributed by atoms with Gasteiger partial charge in [0.05, 0.1) is 19.9 Å². The Kier molecular flexibility index (Phi) is 3.19. The van der Waals surface area contributed by atoms with Crippen molar-refractivity contribution >= 4 is 10.8 Å². The van der Waals surface area contributed by atoms with Crippen LogP contribution >= 0.6 is 0 Å². The summed E-state index contributed by atoms with van der Waals surface area (Å²) in [6.45, 7) is 0.265. The van der Waals surface area contributed by atoms with Crippen LogP contribution in [0.5, 0.6) is 23.0 Å². The van der Waals surface area contributed by atoms with E-state index in [0.29, 0.717) is 11.5 Å². The molecule has 116 valence electrons. The van der Waals surface area contributed by atoms with Crippen molar-refractivity contribution in [2.75, 3.05) is 21.0 Å². The molecule has 0 aliphatic carbocycles. The van der Waals surface area contributed by atoms with Gasteiger partial charge < -0.3 is 18.9 Å². The first kappa shape index (κ1) is 13.7. The van der Waals surface area contributed by atoms with Crippen LogP contribution in [0.25, 0.3) is 22.0 Å². The highest BCUT2D eigenvalue weighted by Crippen LogP contribution is 2.38. The van der Waals surface area contributed by atoms with E-state index in [9.17, 15) is 0 Å². The van der Waals surface area contributed by atoms with Crippen molar-refractivity contribution < 1.29 is 18.9 Å². The lowest BCUT2D eigenvalue weighted by molar-refractivity contribution is 0.174. The Balaban J connectivity index is 1.83. The fourth-order valence-corrected chi connectivity index (χ4v) is 2.76. The SMILES string of the molecule is COc1ccc2cc(-c3ccc4c(c3)OCO4)ncc2c1OC. The zero-order chi connectivity index (χ0) is 15.8. The van der Waals surface area contributed by atoms with E-state index in [4.69, 9.17) is 18.9 Å². The molecule has 0 radical (unpaired) electrons. The third-order valence-electron chi connectivity index (χ3n) is 3.91. The molecule has 4 rings (SSSR count). The molecule has 1 aliphatic rings. The predicted octanol–water partition coefficient (Wildman–Crippen LogP) is 3.65. The molecule has 0 unspecified atom stereocenters. The van der Waals surface area contributed by atoms with Gasteiger partial charge in [0.2, 0.25) is 6.79 Å². The molecule has 5 nitrogen and oxygen atoms in total. The maximum atomic E-state index is 5.45. The first-order valence-corrected chi connectivity index (χ1v) is 7.21. The van der Waals surface area contributed by atoms with Crippen molar-refractivity contribution in [3.63, 3.8) is 0 Å². The van der Waals surface area contributed by atoms with E-state index in [0.717, 1.165) is 33.5 Å². The first-order valence-electron chi connectivity index (χ1n) is 7.21. The number of aromatic nitrogens is 1. The lowest BCUT2D eigenvalue weighted by Gasteiger charge is -2.11. The molecule has 0 saturated carbocycles. The maximum absolute atomic E-state index is 5.45. The largest absolute Gasteiger partial charge is 0.493 e. The van der Waals surface area contributed by atoms with E-state index in [2.05, 4.69) is 4.98 Å². The molecule has 3 aromatic rings. The van der Waals surface area contributed by atoms with Gasteiger partial charge in [-0.3, -0.25) is 4.98 Å². The highest BCUT2D eigenvalue weighted by Gasteiger charge is 2.15. The number of hydrogen-bond acceptors (Lipinski definition) is 5. The van der Waals surface area contributed by atoms with Crippen LogP contribution in [-0.2, 0) is 0 Å². The smallest absolute Gasteiger partial charge is 0.231 e. The molecule has 0 bridgehead atoms. The van der Waals surface area contributed by atoms with Crippen molar-refractivity contribution in [1.29, 1.82) is 0 Å². The van der Waals surface area contributed by atoms with Crippen LogP contribution < -0.4 is 18.9 Å². The van der Waals surface area contributed by atoms with E-state index in [1.807, 2.05) is 36.4 Å². The topological polar surface area (TPSA) is 49.8 Å². The summed E-state index contributed by atoms with van der Waals surface area (Å²) in [5.41, 5.74) is 1.84. The zero-order valence-corrected chi connectivity index (χ0v) is 12.8. The monoisotopic (exact) mass is 309 g/mol. The van der Waals surface area contributed by atoms with Crippen molar-refractivity contribution in [3.8, 4) is 34.3 Å². The fourth-order valence-electron chi connectivity index (χ4n) is 2.76. The van der Waals surface area contributed by atoms with E-state index in [1.54, 1.807) is 20.4 Å². The van der Waals surface area contributed by atoms with Crippen LogP contribution in [0.4, 0.5) is 0 Å². The average molecular weight is 309 g/mol. The van der Waals surface area contributed by atoms with Gasteiger partial charge in [-0.25, -0.2) is 0 Å². The van der Waals surface area contributed by atoms with Gasteiger partial charge in [-0.2, -0.15) is 0 Å². The summed E-state index contributed by atoms with van der Waals surface area (Å²) in [7, 11) is 3.25. The molecule has 0 saturated heterocycles. The summed E-state index contributed by atoms with van der Waals surface area (Å²) in [5.74, 6) is 2.89. The highest BCUT2D eigenvalue weighted by atomic mass is 16.7. The van der Waals surface area contributed by atoms with Gasteiger partial charge in [0.25, 0.3) is 0 Å². The van der Waals surface area contributed by atoms with Crippen molar-refractivity contribution in [1.82, 2.24) is 4.98 Å². The summed E-state index contributed by atoms with van der Waals surface area (Å²) in [4.78, 5) is 4.55. The predicted molar refractivity (Wildman–Crippen MR) is 86.4 cm³/mol. The number of benzene rings is 2. The molecule has 0 atom stereocenters. The van der Waals surface area contributed by atoms with Crippen LogP contribution in [0.3, 0.4) is 0 Å². The quantitative estimate of drug-likeness (QED) is 0.739. The summed E-state index contributed by atoms with van der Waals surface area (Å²) < 4.78 is 21.6. The maximum Gasteiger partial charge on any atom is 0.231 e. The summed E-state index contributed by atoms with van der Waals surface area (Å²) in [6, 6.07) is 11.7. The normalized spacial score (nSPS) is 12.4. The third kappa shape index (κ3) is 2.21. The number of pyridine rings is 1. The van der Waals surface area contributed by atoms with Crippen molar-refractivity contribution in [2.24, 2.45) is 0 Å². The van der Waals surface area contributed by atoms with Crippen molar-refractivity contribution in [2.45, 2.75) is 0 Å². The molecular weight excluding hydrogens is 294 g/mol. The number of nitrogens with zero attached hydrogens (tertiary/aromatic N) is 1. The van der Waals surface area contributed by atoms with E-state index in [-0.39, 0.29) is 6.79 Å². The summed E-state index contributed by atoms with van der Waals surface area (Å²) >= 11 is 0. The number of methoxy groups -OCH3 is 2. The van der Waals surface area contributed by atoms with Gasteiger partial charge in [0.1, 0.15) is 0 Å². The molecule has 5 heteroatoms. The molecule has 1 aromatic heterocycles. The Labute approximate surface area is 133 Å². The Hall–Kier alpha value is -2.95. The van der Waals surface area contributed by atoms with Gasteiger partial charge >= 0.3 is 0 Å². The van der Waals surface area contributed by atoms with E-state index in [1.165, 1.54) is 0 Å². The van der Waals surface area contributed by atoms with Crippen LogP contribution in [0.1, 0.15) is 0 Å². The summed E-state index contributed by atoms with van der Waals surface area (Å²) in [6.07, 6.45) is 1.80. The Morgan fingerprint density at radius 1 is 0.957 bits per heavy atom.